The van der Waals surface area contributed by atoms with Crippen LogP contribution in [0.3, 0.4) is 0 Å². The number of rotatable bonds is 5. The lowest BCUT2D eigenvalue weighted by atomic mass is 9.87. The number of nitrogens with one attached hydrogen (secondary N) is 1. The highest BCUT2D eigenvalue weighted by Gasteiger charge is 2.22. The predicted octanol–water partition coefficient (Wildman–Crippen LogP) is 3.75. The SMILES string of the molecule is CCCC(CC)C(=O)NC1CCC(C)CC1.[HH]. The average Bonchev–Trinajstić information content (AvgIpc) is 2.29. The third-order valence-electron chi connectivity index (χ3n) is 3.86. The van der Waals surface area contributed by atoms with Crippen LogP contribution in [0.1, 0.15) is 67.1 Å². The summed E-state index contributed by atoms with van der Waals surface area (Å²) in [6.45, 7) is 6.57. The molecule has 1 saturated carbocycles. The largest absolute Gasteiger partial charge is 0.353 e. The van der Waals surface area contributed by atoms with Crippen LogP contribution in [-0.4, -0.2) is 11.9 Å². The van der Waals surface area contributed by atoms with Gasteiger partial charge in [-0.25, -0.2) is 0 Å². The quantitative estimate of drug-likeness (QED) is 0.761. The molecule has 1 amide bonds. The molecule has 0 aromatic rings. The van der Waals surface area contributed by atoms with E-state index in [1.54, 1.807) is 0 Å². The molecule has 0 saturated heterocycles. The summed E-state index contributed by atoms with van der Waals surface area (Å²) in [5.41, 5.74) is 0. The Labute approximate surface area is 102 Å². The van der Waals surface area contributed by atoms with E-state index in [2.05, 4.69) is 26.1 Å². The summed E-state index contributed by atoms with van der Waals surface area (Å²) in [5.74, 6) is 1.39. The standard InChI is InChI=1S/C14H27NO.H2/c1-4-6-12(5-2)14(16)15-13-9-7-11(3)8-10-13;/h11-13H,4-10H2,1-3H3,(H,15,16);1H. The van der Waals surface area contributed by atoms with Crippen molar-refractivity contribution >= 4 is 5.91 Å². The first-order valence-corrected chi connectivity index (χ1v) is 6.97. The topological polar surface area (TPSA) is 29.1 Å². The number of amides is 1. The fourth-order valence-corrected chi connectivity index (χ4v) is 2.59. The molecule has 1 rings (SSSR count). The van der Waals surface area contributed by atoms with E-state index in [1.807, 2.05) is 0 Å². The molecular weight excluding hydrogens is 198 g/mol. The molecule has 1 aliphatic carbocycles. The number of carbonyl (C=O) groups is 1. The number of hydrogen-bond donors (Lipinski definition) is 1. The Hall–Kier alpha value is -0.530. The van der Waals surface area contributed by atoms with E-state index >= 15 is 0 Å². The molecule has 0 aromatic heterocycles. The van der Waals surface area contributed by atoms with E-state index in [9.17, 15) is 4.79 Å². The van der Waals surface area contributed by atoms with E-state index in [0.717, 1.165) is 25.2 Å². The van der Waals surface area contributed by atoms with E-state index < -0.39 is 0 Å². The van der Waals surface area contributed by atoms with Crippen molar-refractivity contribution in [1.82, 2.24) is 5.32 Å². The van der Waals surface area contributed by atoms with Gasteiger partial charge in [0.2, 0.25) is 5.91 Å². The van der Waals surface area contributed by atoms with Crippen molar-refractivity contribution in [2.45, 2.75) is 71.8 Å². The van der Waals surface area contributed by atoms with Crippen molar-refractivity contribution in [2.24, 2.45) is 11.8 Å². The maximum atomic E-state index is 12.0. The van der Waals surface area contributed by atoms with Gasteiger partial charge in [-0.3, -0.25) is 4.79 Å². The van der Waals surface area contributed by atoms with Gasteiger partial charge in [0.15, 0.2) is 0 Å². The van der Waals surface area contributed by atoms with E-state index in [-0.39, 0.29) is 7.34 Å². The van der Waals surface area contributed by atoms with Gasteiger partial charge >= 0.3 is 0 Å². The van der Waals surface area contributed by atoms with Gasteiger partial charge in [-0.2, -0.15) is 0 Å². The van der Waals surface area contributed by atoms with Crippen LogP contribution < -0.4 is 5.32 Å². The molecule has 0 aliphatic heterocycles. The predicted molar refractivity (Wildman–Crippen MR) is 70.4 cm³/mol. The zero-order chi connectivity index (χ0) is 12.0. The third-order valence-corrected chi connectivity index (χ3v) is 3.86. The molecule has 0 spiro atoms. The molecule has 2 heteroatoms. The number of hydrogen-bond acceptors (Lipinski definition) is 1. The van der Waals surface area contributed by atoms with Crippen LogP contribution in [-0.2, 0) is 4.79 Å². The Morgan fingerprint density at radius 1 is 1.31 bits per heavy atom. The highest BCUT2D eigenvalue weighted by atomic mass is 16.1. The maximum absolute atomic E-state index is 12.0. The third kappa shape index (κ3) is 4.15. The van der Waals surface area contributed by atoms with Crippen LogP contribution in [0.5, 0.6) is 0 Å². The molecule has 0 heterocycles. The van der Waals surface area contributed by atoms with Gasteiger partial charge in [0.25, 0.3) is 0 Å². The second kappa shape index (κ2) is 6.93. The highest BCUT2D eigenvalue weighted by Crippen LogP contribution is 2.24. The summed E-state index contributed by atoms with van der Waals surface area (Å²) < 4.78 is 0. The monoisotopic (exact) mass is 227 g/mol. The summed E-state index contributed by atoms with van der Waals surface area (Å²) in [6.07, 6.45) is 8.01. The summed E-state index contributed by atoms with van der Waals surface area (Å²) >= 11 is 0. The Morgan fingerprint density at radius 2 is 1.94 bits per heavy atom. The van der Waals surface area contributed by atoms with Crippen LogP contribution >= 0.6 is 0 Å². The van der Waals surface area contributed by atoms with Crippen LogP contribution in [0.15, 0.2) is 0 Å². The van der Waals surface area contributed by atoms with Crippen molar-refractivity contribution in [2.75, 3.05) is 0 Å². The van der Waals surface area contributed by atoms with Gasteiger partial charge in [-0.15, -0.1) is 0 Å². The Bertz CT molecular complexity index is 212. The second-order valence-electron chi connectivity index (χ2n) is 5.36. The van der Waals surface area contributed by atoms with Gasteiger partial charge in [0.1, 0.15) is 0 Å². The highest BCUT2D eigenvalue weighted by molar-refractivity contribution is 5.78. The van der Waals surface area contributed by atoms with Crippen molar-refractivity contribution in [3.8, 4) is 0 Å². The summed E-state index contributed by atoms with van der Waals surface area (Å²) in [4.78, 5) is 12.0. The van der Waals surface area contributed by atoms with Crippen LogP contribution in [0.2, 0.25) is 0 Å². The first-order valence-electron chi connectivity index (χ1n) is 6.97. The fourth-order valence-electron chi connectivity index (χ4n) is 2.59. The lowest BCUT2D eigenvalue weighted by Crippen LogP contribution is -2.40. The summed E-state index contributed by atoms with van der Waals surface area (Å²) in [6, 6.07) is 0.453. The van der Waals surface area contributed by atoms with Crippen LogP contribution in [0.4, 0.5) is 0 Å². The van der Waals surface area contributed by atoms with Crippen molar-refractivity contribution in [1.29, 1.82) is 0 Å². The zero-order valence-corrected chi connectivity index (χ0v) is 11.1. The van der Waals surface area contributed by atoms with Gasteiger partial charge in [-0.1, -0.05) is 27.2 Å². The minimum Gasteiger partial charge on any atom is -0.353 e. The van der Waals surface area contributed by atoms with Crippen molar-refractivity contribution in [3.05, 3.63) is 0 Å². The minimum absolute atomic E-state index is 0. The zero-order valence-electron chi connectivity index (χ0n) is 11.1. The molecule has 2 nitrogen and oxygen atoms in total. The maximum Gasteiger partial charge on any atom is 0.223 e. The molecule has 1 N–H and O–H groups in total. The lowest BCUT2D eigenvalue weighted by Gasteiger charge is -2.28. The smallest absolute Gasteiger partial charge is 0.223 e. The normalized spacial score (nSPS) is 27.4. The lowest BCUT2D eigenvalue weighted by molar-refractivity contribution is -0.126. The minimum atomic E-state index is 0. The van der Waals surface area contributed by atoms with E-state index in [0.29, 0.717) is 11.9 Å². The van der Waals surface area contributed by atoms with Gasteiger partial charge in [0, 0.05) is 13.4 Å². The molecule has 1 aliphatic rings. The molecule has 16 heavy (non-hydrogen) atoms. The molecule has 1 unspecified atom stereocenters. The average molecular weight is 227 g/mol. The van der Waals surface area contributed by atoms with Gasteiger partial charge in [0.05, 0.1) is 0 Å². The van der Waals surface area contributed by atoms with Gasteiger partial charge in [-0.05, 0) is 44.4 Å². The first kappa shape index (κ1) is 13.5. The van der Waals surface area contributed by atoms with Crippen molar-refractivity contribution in [3.63, 3.8) is 0 Å². The first-order chi connectivity index (χ1) is 7.67. The molecule has 96 valence electrons. The number of carbonyl (C=O) groups excluding carboxylic acids is 1. The molecular formula is C14H29NO. The Kier molecular flexibility index (Phi) is 5.86. The van der Waals surface area contributed by atoms with E-state index in [1.165, 1.54) is 25.7 Å². The van der Waals surface area contributed by atoms with Crippen LogP contribution in [0, 0.1) is 11.8 Å². The van der Waals surface area contributed by atoms with Crippen LogP contribution in [0.25, 0.3) is 0 Å². The molecule has 0 aromatic carbocycles. The van der Waals surface area contributed by atoms with Crippen molar-refractivity contribution < 1.29 is 6.22 Å². The summed E-state index contributed by atoms with van der Waals surface area (Å²) in [5, 5.41) is 3.24. The molecule has 1 fully saturated rings. The molecule has 0 bridgehead atoms. The van der Waals surface area contributed by atoms with E-state index in [4.69, 9.17) is 0 Å². The Morgan fingerprint density at radius 3 is 2.44 bits per heavy atom. The molecule has 1 atom stereocenters. The second-order valence-corrected chi connectivity index (χ2v) is 5.36. The van der Waals surface area contributed by atoms with Gasteiger partial charge < -0.3 is 5.32 Å². The molecule has 0 radical (unpaired) electrons. The summed E-state index contributed by atoms with van der Waals surface area (Å²) in [7, 11) is 0. The fraction of sp³-hybridized carbons (Fsp3) is 0.929. The Balaban J connectivity index is 0.00000256.